The van der Waals surface area contributed by atoms with Gasteiger partial charge in [0.25, 0.3) is 0 Å². The summed E-state index contributed by atoms with van der Waals surface area (Å²) in [4.78, 5) is 0. The van der Waals surface area contributed by atoms with Gasteiger partial charge in [0.1, 0.15) is 5.60 Å². The molecule has 8 heteroatoms. The van der Waals surface area contributed by atoms with Crippen LogP contribution in [0.25, 0.3) is 20.2 Å². The lowest BCUT2D eigenvalue weighted by Crippen LogP contribution is -2.41. The molecule has 0 atom stereocenters. The van der Waals surface area contributed by atoms with E-state index in [1.807, 2.05) is 13.8 Å². The Bertz CT molecular complexity index is 1160. The first-order valence-corrected chi connectivity index (χ1v) is 12.3. The van der Waals surface area contributed by atoms with Gasteiger partial charge in [0, 0.05) is 14.2 Å². The summed E-state index contributed by atoms with van der Waals surface area (Å²) >= 11 is 3.52. The molecule has 1 aromatic carbocycles. The van der Waals surface area contributed by atoms with Crippen molar-refractivity contribution in [2.24, 2.45) is 0 Å². The van der Waals surface area contributed by atoms with E-state index in [-0.39, 0.29) is 18.3 Å². The van der Waals surface area contributed by atoms with Gasteiger partial charge >= 0.3 is 14.2 Å². The molecule has 4 nitrogen and oxygen atoms in total. The first kappa shape index (κ1) is 21.5. The van der Waals surface area contributed by atoms with Crippen molar-refractivity contribution in [2.45, 2.75) is 72.2 Å². The summed E-state index contributed by atoms with van der Waals surface area (Å²) in [7, 11) is -0.722. The molecule has 2 aliphatic rings. The van der Waals surface area contributed by atoms with Crippen molar-refractivity contribution >= 4 is 66.6 Å². The van der Waals surface area contributed by atoms with Gasteiger partial charge in [-0.05, 0) is 89.4 Å². The molecule has 5 rings (SSSR count). The van der Waals surface area contributed by atoms with E-state index >= 15 is 0 Å². The van der Waals surface area contributed by atoms with Crippen LogP contribution in [0.4, 0.5) is 0 Å². The first-order valence-electron chi connectivity index (χ1n) is 10.7. The number of fused-ring (bicyclic) bond motifs is 2. The van der Waals surface area contributed by atoms with Crippen LogP contribution >= 0.6 is 22.7 Å². The molecule has 0 aliphatic carbocycles. The van der Waals surface area contributed by atoms with Gasteiger partial charge in [-0.15, -0.1) is 22.7 Å². The van der Waals surface area contributed by atoms with Crippen LogP contribution in [-0.4, -0.2) is 31.0 Å². The highest BCUT2D eigenvalue weighted by Crippen LogP contribution is 2.41. The number of hydrogen-bond donors (Lipinski definition) is 0. The zero-order valence-corrected chi connectivity index (χ0v) is 21.1. The third kappa shape index (κ3) is 3.14. The monoisotopic (exact) mass is 454 g/mol. The van der Waals surface area contributed by atoms with Crippen molar-refractivity contribution in [3.05, 3.63) is 35.6 Å². The molecule has 0 unspecified atom stereocenters. The topological polar surface area (TPSA) is 36.9 Å². The van der Waals surface area contributed by atoms with Gasteiger partial charge in [-0.25, -0.2) is 0 Å². The van der Waals surface area contributed by atoms with Crippen LogP contribution in [0.15, 0.2) is 24.5 Å². The predicted molar refractivity (Wildman–Crippen MR) is 133 cm³/mol. The SMILES string of the molecule is C=C1OB(c2cc3c(C)c4sc(B5OC(C)(C)C(C)(C)O5)cc4c(C)c3s2)OC1(C)C. The maximum absolute atomic E-state index is 6.30. The second-order valence-electron chi connectivity index (χ2n) is 10.1. The fraction of sp³-hybridized carbons (Fsp3) is 0.478. The van der Waals surface area contributed by atoms with Crippen LogP contribution in [0.3, 0.4) is 0 Å². The largest absolute Gasteiger partial charge is 0.574 e. The molecular formula is C23H28B2O4S2. The van der Waals surface area contributed by atoms with Crippen molar-refractivity contribution in [2.75, 3.05) is 0 Å². The number of benzene rings is 1. The first-order chi connectivity index (χ1) is 14.3. The highest BCUT2D eigenvalue weighted by atomic mass is 32.1. The third-order valence-electron chi connectivity index (χ3n) is 7.03. The maximum Gasteiger partial charge on any atom is 0.574 e. The summed E-state index contributed by atoms with van der Waals surface area (Å²) in [5, 5.41) is 2.53. The average Bonchev–Trinajstić information content (AvgIpc) is 3.38. The van der Waals surface area contributed by atoms with Crippen molar-refractivity contribution < 1.29 is 18.6 Å². The summed E-state index contributed by atoms with van der Waals surface area (Å²) in [5.74, 6) is 0.677. The lowest BCUT2D eigenvalue weighted by Gasteiger charge is -2.32. The van der Waals surface area contributed by atoms with Gasteiger partial charge in [0.2, 0.25) is 0 Å². The molecule has 0 N–H and O–H groups in total. The van der Waals surface area contributed by atoms with E-state index in [1.54, 1.807) is 22.7 Å². The fourth-order valence-corrected chi connectivity index (χ4v) is 6.50. The van der Waals surface area contributed by atoms with E-state index in [2.05, 4.69) is 60.3 Å². The van der Waals surface area contributed by atoms with Gasteiger partial charge in [-0.3, -0.25) is 0 Å². The Labute approximate surface area is 192 Å². The Kier molecular flexibility index (Phi) is 4.59. The molecule has 0 bridgehead atoms. The minimum absolute atomic E-state index is 0.330. The minimum atomic E-state index is -0.469. The smallest absolute Gasteiger partial charge is 0.533 e. The molecule has 0 radical (unpaired) electrons. The summed E-state index contributed by atoms with van der Waals surface area (Å²) in [6, 6.07) is 4.46. The highest BCUT2D eigenvalue weighted by Gasteiger charge is 2.52. The van der Waals surface area contributed by atoms with Crippen LogP contribution in [0, 0.1) is 13.8 Å². The molecule has 2 fully saturated rings. The zero-order chi connectivity index (χ0) is 22.5. The molecule has 2 saturated heterocycles. The maximum atomic E-state index is 6.30. The summed E-state index contributed by atoms with van der Waals surface area (Å²) in [5.41, 5.74) is 1.41. The standard InChI is InChI=1S/C23H28B2O4S2/c1-12-15-10-17(24-26-14(3)21(4,5)27-24)30-19(15)13(2)16-11-18(31-20(12)16)25-28-22(6,7)23(8,9)29-25/h10-11H,3H2,1-2,4-9H3. The van der Waals surface area contributed by atoms with Gasteiger partial charge in [-0.2, -0.15) is 0 Å². The molecule has 3 aromatic rings. The lowest BCUT2D eigenvalue weighted by molar-refractivity contribution is 0.00578. The van der Waals surface area contributed by atoms with Crippen LogP contribution in [0.2, 0.25) is 0 Å². The molecule has 2 aliphatic heterocycles. The highest BCUT2D eigenvalue weighted by molar-refractivity contribution is 7.30. The zero-order valence-electron chi connectivity index (χ0n) is 19.5. The van der Waals surface area contributed by atoms with Crippen molar-refractivity contribution in [1.82, 2.24) is 0 Å². The quantitative estimate of drug-likeness (QED) is 0.507. The second-order valence-corrected chi connectivity index (χ2v) is 12.3. The Balaban J connectivity index is 1.57. The van der Waals surface area contributed by atoms with Gasteiger partial charge in [0.05, 0.1) is 21.7 Å². The minimum Gasteiger partial charge on any atom is -0.533 e. The normalized spacial score (nSPS) is 22.1. The molecule has 162 valence electrons. The van der Waals surface area contributed by atoms with Crippen molar-refractivity contribution in [3.8, 4) is 0 Å². The molecular weight excluding hydrogens is 426 g/mol. The second kappa shape index (κ2) is 6.61. The van der Waals surface area contributed by atoms with Gasteiger partial charge < -0.3 is 18.6 Å². The van der Waals surface area contributed by atoms with Crippen LogP contribution in [-0.2, 0) is 18.6 Å². The van der Waals surface area contributed by atoms with Crippen LogP contribution in [0.5, 0.6) is 0 Å². The molecule has 0 amide bonds. The van der Waals surface area contributed by atoms with E-state index in [0.29, 0.717) is 5.76 Å². The Morgan fingerprint density at radius 3 is 1.61 bits per heavy atom. The van der Waals surface area contributed by atoms with E-state index in [9.17, 15) is 0 Å². The molecule has 4 heterocycles. The number of hydrogen-bond acceptors (Lipinski definition) is 6. The lowest BCUT2D eigenvalue weighted by atomic mass is 9.86. The average molecular weight is 454 g/mol. The number of thiophene rings is 2. The van der Waals surface area contributed by atoms with E-state index in [4.69, 9.17) is 18.6 Å². The summed E-state index contributed by atoms with van der Waals surface area (Å²) in [6.45, 7) is 20.8. The molecule has 0 spiro atoms. The third-order valence-corrected chi connectivity index (χ3v) is 9.58. The molecule has 2 aromatic heterocycles. The molecule has 0 saturated carbocycles. The molecule has 31 heavy (non-hydrogen) atoms. The Hall–Kier alpha value is -1.31. The van der Waals surface area contributed by atoms with Gasteiger partial charge in [0.15, 0.2) is 0 Å². The Morgan fingerprint density at radius 1 is 0.742 bits per heavy atom. The number of aryl methyl sites for hydroxylation is 2. The van der Waals surface area contributed by atoms with E-state index in [0.717, 1.165) is 9.55 Å². The van der Waals surface area contributed by atoms with Crippen LogP contribution < -0.4 is 9.55 Å². The summed E-state index contributed by atoms with van der Waals surface area (Å²) in [6.07, 6.45) is 0. The number of rotatable bonds is 2. The van der Waals surface area contributed by atoms with E-state index < -0.39 is 12.7 Å². The van der Waals surface area contributed by atoms with Gasteiger partial charge in [-0.1, -0.05) is 6.58 Å². The van der Waals surface area contributed by atoms with Crippen molar-refractivity contribution in [3.63, 3.8) is 0 Å². The summed E-state index contributed by atoms with van der Waals surface area (Å²) < 4.78 is 29.4. The van der Waals surface area contributed by atoms with E-state index in [1.165, 1.54) is 31.3 Å². The van der Waals surface area contributed by atoms with Crippen LogP contribution in [0.1, 0.15) is 52.7 Å². The predicted octanol–water partition coefficient (Wildman–Crippen LogP) is 5.07. The van der Waals surface area contributed by atoms with Crippen molar-refractivity contribution in [1.29, 1.82) is 0 Å². The fourth-order valence-electron chi connectivity index (χ4n) is 4.12. The Morgan fingerprint density at radius 2 is 1.19 bits per heavy atom.